The number of nitrogens with one attached hydrogen (secondary N) is 1. The molecule has 0 aliphatic heterocycles. The van der Waals surface area contributed by atoms with Gasteiger partial charge in [0, 0.05) is 48.2 Å². The van der Waals surface area contributed by atoms with E-state index < -0.39 is 34.5 Å². The summed E-state index contributed by atoms with van der Waals surface area (Å²) < 4.78 is 50.3. The van der Waals surface area contributed by atoms with Gasteiger partial charge >= 0.3 is 0 Å². The third-order valence-electron chi connectivity index (χ3n) is 4.06. The summed E-state index contributed by atoms with van der Waals surface area (Å²) in [5.74, 6) is -2.53. The molecule has 0 saturated heterocycles. The average molecular weight is 422 g/mol. The first-order valence-electron chi connectivity index (χ1n) is 8.72. The van der Waals surface area contributed by atoms with E-state index in [9.17, 15) is 22.3 Å². The lowest BCUT2D eigenvalue weighted by Gasteiger charge is -2.22. The summed E-state index contributed by atoms with van der Waals surface area (Å²) in [7, 11) is 1.03. The largest absolute Gasteiger partial charge is 0.755 e. The Morgan fingerprint density at radius 1 is 1.28 bits per heavy atom. The van der Waals surface area contributed by atoms with Crippen LogP contribution in [0, 0.1) is 11.6 Å². The summed E-state index contributed by atoms with van der Waals surface area (Å²) in [6.07, 6.45) is 4.53. The van der Waals surface area contributed by atoms with Gasteiger partial charge in [-0.3, -0.25) is 14.0 Å². The van der Waals surface area contributed by atoms with E-state index in [4.69, 9.17) is 0 Å². The highest BCUT2D eigenvalue weighted by molar-refractivity contribution is 7.80. The van der Waals surface area contributed by atoms with Gasteiger partial charge in [-0.25, -0.2) is 8.78 Å². The molecule has 0 saturated carbocycles. The van der Waals surface area contributed by atoms with Crippen LogP contribution in [0.5, 0.6) is 0 Å². The molecule has 1 amide bonds. The fourth-order valence-electron chi connectivity index (χ4n) is 2.46. The molecule has 1 heterocycles. The standard InChI is InChI=1S/C20H23F2N3O3S/c1-20(2,3)17-7-5-13(11-23-17)6-8-18(26)24-12-14-9-15(21)19(16(22)10-14)25(4)29(27)28/h5-11H,12H2,1-4H3,(H,24,26)(H,27,28)/p-1. The van der Waals surface area contributed by atoms with Gasteiger partial charge in [-0.05, 0) is 35.4 Å². The van der Waals surface area contributed by atoms with Crippen LogP contribution in [-0.4, -0.2) is 26.7 Å². The van der Waals surface area contributed by atoms with Gasteiger partial charge in [0.25, 0.3) is 0 Å². The Morgan fingerprint density at radius 3 is 2.38 bits per heavy atom. The second-order valence-corrected chi connectivity index (χ2v) is 8.38. The zero-order chi connectivity index (χ0) is 21.8. The number of rotatable bonds is 6. The summed E-state index contributed by atoms with van der Waals surface area (Å²) >= 11 is -2.81. The van der Waals surface area contributed by atoms with Crippen LogP contribution in [0.25, 0.3) is 6.08 Å². The molecule has 156 valence electrons. The number of aromatic nitrogens is 1. The highest BCUT2D eigenvalue weighted by Crippen LogP contribution is 2.25. The van der Waals surface area contributed by atoms with Crippen molar-refractivity contribution in [3.05, 3.63) is 65.0 Å². The van der Waals surface area contributed by atoms with Crippen molar-refractivity contribution in [1.82, 2.24) is 10.3 Å². The lowest BCUT2D eigenvalue weighted by atomic mass is 9.91. The minimum Gasteiger partial charge on any atom is -0.755 e. The molecule has 29 heavy (non-hydrogen) atoms. The highest BCUT2D eigenvalue weighted by Gasteiger charge is 2.16. The number of halogens is 2. The maximum Gasteiger partial charge on any atom is 0.244 e. The van der Waals surface area contributed by atoms with Crippen molar-refractivity contribution >= 4 is 28.9 Å². The highest BCUT2D eigenvalue weighted by atomic mass is 32.2. The molecule has 1 unspecified atom stereocenters. The number of carbonyl (C=O) groups excluding carboxylic acids is 1. The third kappa shape index (κ3) is 6.16. The molecule has 1 atom stereocenters. The molecule has 0 aliphatic carbocycles. The zero-order valence-electron chi connectivity index (χ0n) is 16.5. The lowest BCUT2D eigenvalue weighted by molar-refractivity contribution is -0.116. The molecular formula is C20H22F2N3O3S-. The second-order valence-electron chi connectivity index (χ2n) is 7.40. The maximum atomic E-state index is 14.0. The minimum atomic E-state index is -2.81. The van der Waals surface area contributed by atoms with E-state index in [0.717, 1.165) is 30.4 Å². The Morgan fingerprint density at radius 2 is 1.90 bits per heavy atom. The quantitative estimate of drug-likeness (QED) is 0.572. The SMILES string of the molecule is CN(c1c(F)cc(CNC(=O)C=Cc2ccc(C(C)(C)C)nc2)cc1F)S(=O)[O-]. The topological polar surface area (TPSA) is 85.4 Å². The molecule has 1 aromatic carbocycles. The van der Waals surface area contributed by atoms with Gasteiger partial charge in [-0.1, -0.05) is 26.8 Å². The molecule has 2 aromatic rings. The Bertz CT molecular complexity index is 918. The van der Waals surface area contributed by atoms with Crippen molar-refractivity contribution < 1.29 is 22.3 Å². The van der Waals surface area contributed by atoms with E-state index in [-0.39, 0.29) is 17.5 Å². The maximum absolute atomic E-state index is 14.0. The molecule has 6 nitrogen and oxygen atoms in total. The number of benzene rings is 1. The molecule has 2 rings (SSSR count). The first kappa shape index (κ1) is 22.6. The van der Waals surface area contributed by atoms with Crippen molar-refractivity contribution in [2.24, 2.45) is 0 Å². The summed E-state index contributed by atoms with van der Waals surface area (Å²) in [5.41, 5.74) is 1.07. The van der Waals surface area contributed by atoms with Crippen LogP contribution in [0.2, 0.25) is 0 Å². The number of pyridine rings is 1. The Hall–Kier alpha value is -2.65. The Balaban J connectivity index is 2.00. The summed E-state index contributed by atoms with van der Waals surface area (Å²) in [6, 6.07) is 5.68. The zero-order valence-corrected chi connectivity index (χ0v) is 17.3. The minimum absolute atomic E-state index is 0.0722. The molecule has 0 bridgehead atoms. The van der Waals surface area contributed by atoms with Crippen LogP contribution < -0.4 is 9.62 Å². The van der Waals surface area contributed by atoms with Gasteiger partial charge in [0.05, 0.1) is 0 Å². The smallest absolute Gasteiger partial charge is 0.244 e. The number of hydrogen-bond acceptors (Lipinski definition) is 4. The predicted molar refractivity (Wildman–Crippen MR) is 107 cm³/mol. The van der Waals surface area contributed by atoms with Gasteiger partial charge in [-0.2, -0.15) is 0 Å². The number of amides is 1. The number of nitrogens with zero attached hydrogens (tertiary/aromatic N) is 2. The van der Waals surface area contributed by atoms with Crippen LogP contribution >= 0.6 is 0 Å². The van der Waals surface area contributed by atoms with Crippen LogP contribution in [0.1, 0.15) is 37.6 Å². The summed E-state index contributed by atoms with van der Waals surface area (Å²) in [4.78, 5) is 16.3. The summed E-state index contributed by atoms with van der Waals surface area (Å²) in [5, 5.41) is 2.52. The van der Waals surface area contributed by atoms with Gasteiger partial charge < -0.3 is 14.2 Å². The van der Waals surface area contributed by atoms with Crippen molar-refractivity contribution in [3.8, 4) is 0 Å². The average Bonchev–Trinajstić information content (AvgIpc) is 2.63. The first-order valence-corrected chi connectivity index (χ1v) is 9.75. The van der Waals surface area contributed by atoms with Crippen LogP contribution in [0.3, 0.4) is 0 Å². The summed E-state index contributed by atoms with van der Waals surface area (Å²) in [6.45, 7) is 6.03. The fraction of sp³-hybridized carbons (Fsp3) is 0.300. The molecule has 0 aliphatic rings. The molecule has 9 heteroatoms. The van der Waals surface area contributed by atoms with E-state index >= 15 is 0 Å². The van der Waals surface area contributed by atoms with Crippen LogP contribution in [0.4, 0.5) is 14.5 Å². The van der Waals surface area contributed by atoms with Crippen molar-refractivity contribution in [3.63, 3.8) is 0 Å². The fourth-order valence-corrected chi connectivity index (χ4v) is 2.79. The van der Waals surface area contributed by atoms with Crippen molar-refractivity contribution in [2.75, 3.05) is 11.4 Å². The Labute approximate surface area is 171 Å². The molecular weight excluding hydrogens is 400 g/mol. The molecule has 1 aromatic heterocycles. The number of anilines is 1. The van der Waals surface area contributed by atoms with E-state index in [1.54, 1.807) is 12.3 Å². The van der Waals surface area contributed by atoms with Gasteiger partial charge in [-0.15, -0.1) is 0 Å². The molecule has 0 spiro atoms. The van der Waals surface area contributed by atoms with Gasteiger partial charge in [0.15, 0.2) is 11.6 Å². The van der Waals surface area contributed by atoms with E-state index in [1.165, 1.54) is 6.08 Å². The molecule has 1 N–H and O–H groups in total. The molecule has 0 fully saturated rings. The second kappa shape index (κ2) is 9.23. The monoisotopic (exact) mass is 422 g/mol. The van der Waals surface area contributed by atoms with Crippen LogP contribution in [-0.2, 0) is 28.0 Å². The van der Waals surface area contributed by atoms with Crippen molar-refractivity contribution in [2.45, 2.75) is 32.7 Å². The van der Waals surface area contributed by atoms with E-state index in [0.29, 0.717) is 4.31 Å². The number of hydrogen-bond donors (Lipinski definition) is 1. The van der Waals surface area contributed by atoms with Gasteiger partial charge in [0.1, 0.15) is 5.69 Å². The molecule has 0 radical (unpaired) electrons. The normalized spacial score (nSPS) is 12.8. The Kier molecular flexibility index (Phi) is 7.21. The van der Waals surface area contributed by atoms with Crippen LogP contribution in [0.15, 0.2) is 36.5 Å². The van der Waals surface area contributed by atoms with Gasteiger partial charge in [0.2, 0.25) is 5.91 Å². The first-order chi connectivity index (χ1) is 13.5. The predicted octanol–water partition coefficient (Wildman–Crippen LogP) is 3.22. The lowest BCUT2D eigenvalue weighted by Crippen LogP contribution is -2.23. The van der Waals surface area contributed by atoms with E-state index in [1.807, 2.05) is 12.1 Å². The van der Waals surface area contributed by atoms with E-state index in [2.05, 4.69) is 31.1 Å². The third-order valence-corrected chi connectivity index (χ3v) is 4.69. The van der Waals surface area contributed by atoms with Crippen molar-refractivity contribution in [1.29, 1.82) is 0 Å². The number of carbonyl (C=O) groups is 1.